The van der Waals surface area contributed by atoms with Gasteiger partial charge in [0, 0.05) is 12.5 Å². The van der Waals surface area contributed by atoms with E-state index in [0.717, 1.165) is 22.9 Å². The van der Waals surface area contributed by atoms with Gasteiger partial charge in [-0.1, -0.05) is 19.1 Å². The molecular formula is C18H19N3O2S. The summed E-state index contributed by atoms with van der Waals surface area (Å²) in [5.74, 6) is 0.646. The van der Waals surface area contributed by atoms with Gasteiger partial charge >= 0.3 is 5.97 Å². The molecule has 1 unspecified atom stereocenters. The van der Waals surface area contributed by atoms with Crippen molar-refractivity contribution < 1.29 is 9.53 Å². The molecule has 24 heavy (non-hydrogen) atoms. The molecule has 0 saturated heterocycles. The van der Waals surface area contributed by atoms with E-state index in [4.69, 9.17) is 4.74 Å². The molecule has 0 fully saturated rings. The first-order chi connectivity index (χ1) is 11.6. The summed E-state index contributed by atoms with van der Waals surface area (Å²) in [6.07, 6.45) is 0. The number of thiazole rings is 1. The van der Waals surface area contributed by atoms with Crippen molar-refractivity contribution in [3.8, 4) is 0 Å². The van der Waals surface area contributed by atoms with Gasteiger partial charge < -0.3 is 10.1 Å². The van der Waals surface area contributed by atoms with E-state index >= 15 is 0 Å². The maximum Gasteiger partial charge on any atom is 0.339 e. The van der Waals surface area contributed by atoms with E-state index < -0.39 is 0 Å². The monoisotopic (exact) mass is 341 g/mol. The molecule has 2 aromatic heterocycles. The zero-order valence-corrected chi connectivity index (χ0v) is 14.7. The minimum Gasteiger partial charge on any atom is -0.465 e. The number of hydrogen-bond acceptors (Lipinski definition) is 6. The zero-order chi connectivity index (χ0) is 17.1. The largest absolute Gasteiger partial charge is 0.465 e. The maximum absolute atomic E-state index is 11.6. The minimum absolute atomic E-state index is 0.268. The average molecular weight is 341 g/mol. The Morgan fingerprint density at radius 2 is 2.04 bits per heavy atom. The van der Waals surface area contributed by atoms with Crippen LogP contribution in [-0.2, 0) is 4.74 Å². The van der Waals surface area contributed by atoms with Crippen LogP contribution < -0.4 is 5.32 Å². The first-order valence-electron chi connectivity index (χ1n) is 7.74. The van der Waals surface area contributed by atoms with E-state index in [-0.39, 0.29) is 11.9 Å². The number of carbonyl (C=O) groups is 1. The smallest absolute Gasteiger partial charge is 0.339 e. The van der Waals surface area contributed by atoms with Gasteiger partial charge in [0.2, 0.25) is 0 Å². The lowest BCUT2D eigenvalue weighted by Crippen LogP contribution is -2.12. The molecule has 0 aliphatic carbocycles. The van der Waals surface area contributed by atoms with Crippen molar-refractivity contribution in [3.63, 3.8) is 0 Å². The van der Waals surface area contributed by atoms with Crippen molar-refractivity contribution in [2.45, 2.75) is 19.8 Å². The summed E-state index contributed by atoms with van der Waals surface area (Å²) < 4.78 is 5.94. The van der Waals surface area contributed by atoms with E-state index in [1.54, 1.807) is 30.4 Å². The highest BCUT2D eigenvalue weighted by molar-refractivity contribution is 7.18. The molecule has 3 aromatic rings. The summed E-state index contributed by atoms with van der Waals surface area (Å²) >= 11 is 1.72. The van der Waals surface area contributed by atoms with Crippen LogP contribution in [0.2, 0.25) is 0 Å². The van der Waals surface area contributed by atoms with E-state index in [1.165, 1.54) is 11.8 Å². The number of para-hydroxylation sites is 1. The Labute approximate surface area is 144 Å². The third kappa shape index (κ3) is 3.38. The number of aryl methyl sites for hydroxylation is 1. The highest BCUT2D eigenvalue weighted by Gasteiger charge is 2.13. The van der Waals surface area contributed by atoms with Crippen LogP contribution in [0, 0.1) is 6.92 Å². The normalized spacial score (nSPS) is 12.1. The van der Waals surface area contributed by atoms with Crippen LogP contribution in [0.3, 0.4) is 0 Å². The van der Waals surface area contributed by atoms with E-state index in [2.05, 4.69) is 28.3 Å². The average Bonchev–Trinajstić information content (AvgIpc) is 3.03. The third-order valence-corrected chi connectivity index (χ3v) is 5.08. The predicted molar refractivity (Wildman–Crippen MR) is 96.8 cm³/mol. The Morgan fingerprint density at radius 1 is 1.25 bits per heavy atom. The van der Waals surface area contributed by atoms with Crippen molar-refractivity contribution in [2.75, 3.05) is 19.0 Å². The Balaban J connectivity index is 1.68. The van der Waals surface area contributed by atoms with Crippen molar-refractivity contribution in [1.29, 1.82) is 0 Å². The molecular weight excluding hydrogens is 322 g/mol. The summed E-state index contributed by atoms with van der Waals surface area (Å²) in [5, 5.41) is 4.42. The molecule has 3 rings (SSSR count). The lowest BCUT2D eigenvalue weighted by Gasteiger charge is -2.12. The molecule has 1 atom stereocenters. The molecule has 1 aromatic carbocycles. The number of aromatic nitrogens is 2. The van der Waals surface area contributed by atoms with Gasteiger partial charge in [0.05, 0.1) is 33.6 Å². The number of methoxy groups -OCH3 is 1. The molecule has 1 N–H and O–H groups in total. The van der Waals surface area contributed by atoms with Crippen molar-refractivity contribution >= 4 is 33.3 Å². The van der Waals surface area contributed by atoms with Gasteiger partial charge in [0.15, 0.2) is 0 Å². The second-order valence-electron chi connectivity index (χ2n) is 5.62. The number of nitrogens with one attached hydrogen (secondary N) is 1. The summed E-state index contributed by atoms with van der Waals surface area (Å²) in [4.78, 5) is 20.7. The fraction of sp³-hybridized carbons (Fsp3) is 0.278. The van der Waals surface area contributed by atoms with Gasteiger partial charge in [0.1, 0.15) is 5.82 Å². The molecule has 0 aliphatic rings. The SMILES string of the molecule is COC(=O)c1ccc(NCC(C)c2nc3ccccc3s2)nc1C. The highest BCUT2D eigenvalue weighted by atomic mass is 32.1. The molecule has 0 amide bonds. The second kappa shape index (κ2) is 6.97. The molecule has 0 spiro atoms. The number of ether oxygens (including phenoxy) is 1. The van der Waals surface area contributed by atoms with Crippen LogP contribution in [-0.4, -0.2) is 29.6 Å². The fourth-order valence-electron chi connectivity index (χ4n) is 2.43. The van der Waals surface area contributed by atoms with Gasteiger partial charge in [-0.15, -0.1) is 11.3 Å². The van der Waals surface area contributed by atoms with Gasteiger partial charge in [0.25, 0.3) is 0 Å². The molecule has 124 valence electrons. The first-order valence-corrected chi connectivity index (χ1v) is 8.55. The number of nitrogens with zero attached hydrogens (tertiary/aromatic N) is 2. The van der Waals surface area contributed by atoms with Crippen LogP contribution in [0.4, 0.5) is 5.82 Å². The number of rotatable bonds is 5. The number of carbonyl (C=O) groups excluding carboxylic acids is 1. The Kier molecular flexibility index (Phi) is 4.76. The van der Waals surface area contributed by atoms with Gasteiger partial charge in [-0.2, -0.15) is 0 Å². The van der Waals surface area contributed by atoms with Crippen LogP contribution >= 0.6 is 11.3 Å². The van der Waals surface area contributed by atoms with Gasteiger partial charge in [-0.05, 0) is 31.2 Å². The van der Waals surface area contributed by atoms with Gasteiger partial charge in [-0.3, -0.25) is 0 Å². The Bertz CT molecular complexity index is 843. The molecule has 6 heteroatoms. The Morgan fingerprint density at radius 3 is 2.75 bits per heavy atom. The fourth-order valence-corrected chi connectivity index (χ4v) is 3.45. The van der Waals surface area contributed by atoms with Crippen LogP contribution in [0.25, 0.3) is 10.2 Å². The van der Waals surface area contributed by atoms with E-state index in [1.807, 2.05) is 18.2 Å². The molecule has 0 bridgehead atoms. The summed E-state index contributed by atoms with van der Waals surface area (Å²) in [5.41, 5.74) is 2.18. The second-order valence-corrected chi connectivity index (χ2v) is 6.69. The minimum atomic E-state index is -0.366. The maximum atomic E-state index is 11.6. The van der Waals surface area contributed by atoms with Gasteiger partial charge in [-0.25, -0.2) is 14.8 Å². The number of hydrogen-bond donors (Lipinski definition) is 1. The lowest BCUT2D eigenvalue weighted by molar-refractivity contribution is 0.0599. The zero-order valence-electron chi connectivity index (χ0n) is 13.9. The number of esters is 1. The molecule has 2 heterocycles. The van der Waals surface area contributed by atoms with E-state index in [9.17, 15) is 4.79 Å². The summed E-state index contributed by atoms with van der Waals surface area (Å²) in [6.45, 7) is 4.67. The third-order valence-electron chi connectivity index (χ3n) is 3.81. The first kappa shape index (κ1) is 16.4. The Hall–Kier alpha value is -2.47. The number of benzene rings is 1. The molecule has 0 aliphatic heterocycles. The molecule has 0 radical (unpaired) electrons. The van der Waals surface area contributed by atoms with Crippen LogP contribution in [0.15, 0.2) is 36.4 Å². The summed E-state index contributed by atoms with van der Waals surface area (Å²) in [7, 11) is 1.37. The van der Waals surface area contributed by atoms with Crippen LogP contribution in [0.5, 0.6) is 0 Å². The lowest BCUT2D eigenvalue weighted by atomic mass is 10.2. The van der Waals surface area contributed by atoms with Crippen molar-refractivity contribution in [1.82, 2.24) is 9.97 Å². The standard InChI is InChI=1S/C18H19N3O2S/c1-11(17-21-14-6-4-5-7-15(14)24-17)10-19-16-9-8-13(12(2)20-16)18(22)23-3/h4-9,11H,10H2,1-3H3,(H,19,20). The molecule has 5 nitrogen and oxygen atoms in total. The predicted octanol–water partition coefficient (Wildman–Crippen LogP) is 4.00. The van der Waals surface area contributed by atoms with Crippen molar-refractivity contribution in [3.05, 3.63) is 52.7 Å². The van der Waals surface area contributed by atoms with Crippen LogP contribution in [0.1, 0.15) is 33.9 Å². The summed E-state index contributed by atoms with van der Waals surface area (Å²) in [6, 6.07) is 11.7. The number of fused-ring (bicyclic) bond motifs is 1. The molecule has 0 saturated carbocycles. The highest BCUT2D eigenvalue weighted by Crippen LogP contribution is 2.27. The van der Waals surface area contributed by atoms with Crippen molar-refractivity contribution in [2.24, 2.45) is 0 Å². The number of pyridine rings is 1. The topological polar surface area (TPSA) is 64.1 Å². The number of anilines is 1. The van der Waals surface area contributed by atoms with E-state index in [0.29, 0.717) is 11.3 Å². The quantitative estimate of drug-likeness (QED) is 0.711.